The van der Waals surface area contributed by atoms with Crippen LogP contribution in [0.4, 0.5) is 9.18 Å². The normalized spacial score (nSPS) is 17.7. The number of aliphatic carboxylic acids is 1. The van der Waals surface area contributed by atoms with Crippen molar-refractivity contribution in [2.45, 2.75) is 90.4 Å². The zero-order chi connectivity index (χ0) is 30.0. The first kappa shape index (κ1) is 32.5. The predicted octanol–water partition coefficient (Wildman–Crippen LogP) is 2.28. The molecule has 222 valence electrons. The van der Waals surface area contributed by atoms with Gasteiger partial charge in [0, 0.05) is 18.9 Å². The molecule has 4 amide bonds. The average molecular weight is 565 g/mol. The van der Waals surface area contributed by atoms with E-state index in [2.05, 4.69) is 21.3 Å². The molecule has 0 aromatic heterocycles. The Labute approximate surface area is 234 Å². The molecule has 1 heterocycles. The van der Waals surface area contributed by atoms with Crippen LogP contribution in [-0.2, 0) is 30.3 Å². The maximum Gasteiger partial charge on any atom is 0.408 e. The number of amides is 4. The number of piperidine rings is 1. The van der Waals surface area contributed by atoms with Crippen LogP contribution in [0.15, 0.2) is 24.3 Å². The summed E-state index contributed by atoms with van der Waals surface area (Å²) in [5.41, 5.74) is -0.276. The number of carbonyl (C=O) groups excluding carboxylic acids is 4. The van der Waals surface area contributed by atoms with Gasteiger partial charge in [0.25, 0.3) is 0 Å². The molecule has 1 fully saturated rings. The SMILES string of the molecule is CC(C)C[C@H](NC(=O)[C@H](Cc1ccc(F)cc1)NC(=O)OC(C)(C)C)C(=O)N[C@@H](C[C@@H]1CCCNC1=O)C(=O)O. The molecule has 0 bridgehead atoms. The fourth-order valence-electron chi connectivity index (χ4n) is 4.33. The molecule has 1 aliphatic rings. The number of hydrogen-bond acceptors (Lipinski definition) is 6. The highest BCUT2D eigenvalue weighted by atomic mass is 19.1. The Morgan fingerprint density at radius 1 is 1.02 bits per heavy atom. The maximum atomic E-state index is 13.4. The van der Waals surface area contributed by atoms with Crippen LogP contribution >= 0.6 is 0 Å². The molecule has 1 saturated heterocycles. The summed E-state index contributed by atoms with van der Waals surface area (Å²) in [6.07, 6.45) is 0.459. The summed E-state index contributed by atoms with van der Waals surface area (Å²) in [6, 6.07) is 1.78. The first-order valence-electron chi connectivity index (χ1n) is 13.5. The number of halogens is 1. The fraction of sp³-hybridized carbons (Fsp3) is 0.607. The molecular weight excluding hydrogens is 523 g/mol. The van der Waals surface area contributed by atoms with Gasteiger partial charge >= 0.3 is 12.1 Å². The Kier molecular flexibility index (Phi) is 11.9. The van der Waals surface area contributed by atoms with Crippen molar-refractivity contribution in [3.63, 3.8) is 0 Å². The number of rotatable bonds is 12. The van der Waals surface area contributed by atoms with E-state index in [4.69, 9.17) is 4.74 Å². The van der Waals surface area contributed by atoms with E-state index >= 15 is 0 Å². The van der Waals surface area contributed by atoms with Crippen LogP contribution < -0.4 is 21.3 Å². The van der Waals surface area contributed by atoms with Crippen LogP contribution in [0.1, 0.15) is 65.9 Å². The third-order valence-corrected chi connectivity index (χ3v) is 6.23. The molecule has 4 atom stereocenters. The molecular formula is C28H41FN4O7. The molecule has 1 aliphatic heterocycles. The van der Waals surface area contributed by atoms with Gasteiger partial charge < -0.3 is 31.1 Å². The highest BCUT2D eigenvalue weighted by molar-refractivity contribution is 5.93. The summed E-state index contributed by atoms with van der Waals surface area (Å²) in [4.78, 5) is 63.2. The zero-order valence-corrected chi connectivity index (χ0v) is 23.7. The monoisotopic (exact) mass is 564 g/mol. The minimum atomic E-state index is -1.33. The first-order chi connectivity index (χ1) is 18.6. The van der Waals surface area contributed by atoms with Gasteiger partial charge in [-0.2, -0.15) is 0 Å². The van der Waals surface area contributed by atoms with Crippen LogP contribution in [0.2, 0.25) is 0 Å². The van der Waals surface area contributed by atoms with Crippen LogP contribution in [0.3, 0.4) is 0 Å². The van der Waals surface area contributed by atoms with Crippen LogP contribution in [0, 0.1) is 17.7 Å². The van der Waals surface area contributed by atoms with E-state index < -0.39 is 59.3 Å². The van der Waals surface area contributed by atoms with Gasteiger partial charge in [-0.15, -0.1) is 0 Å². The van der Waals surface area contributed by atoms with Crippen molar-refractivity contribution in [1.82, 2.24) is 21.3 Å². The van der Waals surface area contributed by atoms with E-state index in [1.165, 1.54) is 24.3 Å². The van der Waals surface area contributed by atoms with Gasteiger partial charge in [-0.1, -0.05) is 26.0 Å². The number of ether oxygens (including phenoxy) is 1. The van der Waals surface area contributed by atoms with Gasteiger partial charge in [-0.3, -0.25) is 14.4 Å². The van der Waals surface area contributed by atoms with Crippen molar-refractivity contribution in [3.8, 4) is 0 Å². The van der Waals surface area contributed by atoms with Gasteiger partial charge in [0.1, 0.15) is 29.5 Å². The van der Waals surface area contributed by atoms with Gasteiger partial charge in [-0.25, -0.2) is 14.0 Å². The molecule has 1 aromatic carbocycles. The Morgan fingerprint density at radius 3 is 2.17 bits per heavy atom. The van der Waals surface area contributed by atoms with E-state index in [1.807, 2.05) is 13.8 Å². The van der Waals surface area contributed by atoms with Crippen molar-refractivity contribution in [1.29, 1.82) is 0 Å². The molecule has 0 aliphatic carbocycles. The molecule has 0 unspecified atom stereocenters. The van der Waals surface area contributed by atoms with Crippen LogP contribution in [-0.4, -0.2) is 65.2 Å². The van der Waals surface area contributed by atoms with Gasteiger partial charge in [0.05, 0.1) is 0 Å². The second-order valence-corrected chi connectivity index (χ2v) is 11.5. The molecule has 2 rings (SSSR count). The molecule has 5 N–H and O–H groups in total. The lowest BCUT2D eigenvalue weighted by Gasteiger charge is -2.28. The molecule has 40 heavy (non-hydrogen) atoms. The lowest BCUT2D eigenvalue weighted by atomic mass is 9.91. The van der Waals surface area contributed by atoms with E-state index in [-0.39, 0.29) is 31.1 Å². The fourth-order valence-corrected chi connectivity index (χ4v) is 4.33. The quantitative estimate of drug-likeness (QED) is 0.260. The van der Waals surface area contributed by atoms with E-state index in [1.54, 1.807) is 20.8 Å². The molecule has 1 aromatic rings. The number of carboxylic acid groups (broad SMARTS) is 1. The second-order valence-electron chi connectivity index (χ2n) is 11.5. The predicted molar refractivity (Wildman–Crippen MR) is 145 cm³/mol. The molecule has 11 nitrogen and oxygen atoms in total. The topological polar surface area (TPSA) is 163 Å². The van der Waals surface area contributed by atoms with E-state index in [9.17, 15) is 33.5 Å². The Balaban J connectivity index is 2.20. The lowest BCUT2D eigenvalue weighted by molar-refractivity contribution is -0.143. The largest absolute Gasteiger partial charge is 0.480 e. The van der Waals surface area contributed by atoms with Gasteiger partial charge in [-0.05, 0) is 70.1 Å². The minimum Gasteiger partial charge on any atom is -0.480 e. The van der Waals surface area contributed by atoms with E-state index in [0.29, 0.717) is 24.9 Å². The number of nitrogens with one attached hydrogen (secondary N) is 4. The Morgan fingerprint density at radius 2 is 1.62 bits per heavy atom. The first-order valence-corrected chi connectivity index (χ1v) is 13.5. The molecule has 0 spiro atoms. The number of hydrogen-bond donors (Lipinski definition) is 5. The maximum absolute atomic E-state index is 13.4. The third-order valence-electron chi connectivity index (χ3n) is 6.23. The Hall–Kier alpha value is -3.70. The number of carboxylic acids is 1. The Bertz CT molecular complexity index is 1060. The third kappa shape index (κ3) is 11.2. The summed E-state index contributed by atoms with van der Waals surface area (Å²) in [5.74, 6) is -4.03. The summed E-state index contributed by atoms with van der Waals surface area (Å²) in [7, 11) is 0. The smallest absolute Gasteiger partial charge is 0.408 e. The van der Waals surface area contributed by atoms with Crippen molar-refractivity contribution in [2.24, 2.45) is 11.8 Å². The average Bonchev–Trinajstić information content (AvgIpc) is 2.83. The number of alkyl carbamates (subject to hydrolysis) is 1. The standard InChI is InChI=1S/C28H41FN4O7/c1-16(2)13-20(24(35)32-22(26(37)38)15-18-7-6-12-30-23(18)34)31-25(36)21(33-27(39)40-28(3,4)5)14-17-8-10-19(29)11-9-17/h8-11,16,18,20-22H,6-7,12-15H2,1-5H3,(H,30,34)(H,31,36)(H,32,35)(H,33,39)(H,37,38)/t18-,20-,21-,22-/m0/s1. The molecule has 0 radical (unpaired) electrons. The lowest BCUT2D eigenvalue weighted by Crippen LogP contribution is -2.57. The number of benzene rings is 1. The summed E-state index contributed by atoms with van der Waals surface area (Å²) in [6.45, 7) is 9.20. The summed E-state index contributed by atoms with van der Waals surface area (Å²) in [5, 5.41) is 20.1. The molecule has 12 heteroatoms. The van der Waals surface area contributed by atoms with Crippen molar-refractivity contribution >= 4 is 29.8 Å². The highest BCUT2D eigenvalue weighted by Crippen LogP contribution is 2.18. The van der Waals surface area contributed by atoms with Gasteiger partial charge in [0.2, 0.25) is 17.7 Å². The minimum absolute atomic E-state index is 0.0179. The van der Waals surface area contributed by atoms with Crippen molar-refractivity contribution < 1.29 is 38.2 Å². The second kappa shape index (κ2) is 14.6. The summed E-state index contributed by atoms with van der Waals surface area (Å²) >= 11 is 0. The number of carbonyl (C=O) groups is 5. The zero-order valence-electron chi connectivity index (χ0n) is 23.7. The van der Waals surface area contributed by atoms with Crippen molar-refractivity contribution in [2.75, 3.05) is 6.54 Å². The summed E-state index contributed by atoms with van der Waals surface area (Å²) < 4.78 is 18.7. The van der Waals surface area contributed by atoms with Gasteiger partial charge in [0.15, 0.2) is 0 Å². The van der Waals surface area contributed by atoms with E-state index in [0.717, 1.165) is 0 Å². The highest BCUT2D eigenvalue weighted by Gasteiger charge is 2.34. The molecule has 0 saturated carbocycles. The van der Waals surface area contributed by atoms with Crippen LogP contribution in [0.25, 0.3) is 0 Å². The van der Waals surface area contributed by atoms with Crippen molar-refractivity contribution in [3.05, 3.63) is 35.6 Å². The van der Waals surface area contributed by atoms with Crippen LogP contribution in [0.5, 0.6) is 0 Å².